The minimum atomic E-state index is 1.09. The van der Waals surface area contributed by atoms with Crippen molar-refractivity contribution in [3.8, 4) is 0 Å². The summed E-state index contributed by atoms with van der Waals surface area (Å²) in [5.74, 6) is 0. The van der Waals surface area contributed by atoms with E-state index in [1.807, 2.05) is 0 Å². The first-order chi connectivity index (χ1) is 8.92. The van der Waals surface area contributed by atoms with E-state index in [-0.39, 0.29) is 0 Å². The number of aryl methyl sites for hydroxylation is 1. The average molecular weight is 239 g/mol. The molecule has 0 aliphatic rings. The fraction of sp³-hybridized carbons (Fsp3) is 0.389. The van der Waals surface area contributed by atoms with E-state index in [1.165, 1.54) is 54.9 Å². The van der Waals surface area contributed by atoms with Gasteiger partial charge in [0.25, 0.3) is 0 Å². The van der Waals surface area contributed by atoms with Gasteiger partial charge in [-0.15, -0.1) is 0 Å². The van der Waals surface area contributed by atoms with Crippen molar-refractivity contribution in [3.05, 3.63) is 55.0 Å². The summed E-state index contributed by atoms with van der Waals surface area (Å²) in [5.41, 5.74) is 1.50. The van der Waals surface area contributed by atoms with Crippen molar-refractivity contribution in [2.75, 3.05) is 0 Å². The molecule has 2 aromatic rings. The molecule has 2 aromatic carbocycles. The third-order valence-electron chi connectivity index (χ3n) is 3.58. The number of hydrogen-bond acceptors (Lipinski definition) is 0. The van der Waals surface area contributed by atoms with Gasteiger partial charge in [-0.25, -0.2) is 0 Å². The Hall–Kier alpha value is -1.30. The summed E-state index contributed by atoms with van der Waals surface area (Å²) in [7, 11) is 0. The summed E-state index contributed by atoms with van der Waals surface area (Å²) in [5, 5.41) is 2.80. The molecule has 0 aliphatic heterocycles. The predicted octanol–water partition coefficient (Wildman–Crippen LogP) is 5.56. The monoisotopic (exact) mass is 239 g/mol. The van der Waals surface area contributed by atoms with Crippen LogP contribution in [-0.4, -0.2) is 0 Å². The van der Waals surface area contributed by atoms with Crippen LogP contribution in [0.3, 0.4) is 0 Å². The summed E-state index contributed by atoms with van der Waals surface area (Å²) < 4.78 is 0. The highest BCUT2D eigenvalue weighted by Crippen LogP contribution is 2.20. The number of hydrogen-bond donors (Lipinski definition) is 0. The molecule has 0 unspecified atom stereocenters. The summed E-state index contributed by atoms with van der Waals surface area (Å²) in [6.07, 6.45) is 8.96. The van der Waals surface area contributed by atoms with Gasteiger partial charge >= 0.3 is 0 Å². The maximum Gasteiger partial charge on any atom is -0.0152 e. The normalized spacial score (nSPS) is 10.9. The van der Waals surface area contributed by atoms with Gasteiger partial charge in [0, 0.05) is 0 Å². The zero-order chi connectivity index (χ0) is 12.6. The Kier molecular flexibility index (Phi) is 5.26. The van der Waals surface area contributed by atoms with E-state index in [4.69, 9.17) is 0 Å². The van der Waals surface area contributed by atoms with Gasteiger partial charge < -0.3 is 0 Å². The molecule has 18 heavy (non-hydrogen) atoms. The topological polar surface area (TPSA) is 0 Å². The number of rotatable bonds is 7. The van der Waals surface area contributed by atoms with Crippen LogP contribution in [0.5, 0.6) is 0 Å². The maximum absolute atomic E-state index is 3.89. The molecule has 0 N–H and O–H groups in total. The van der Waals surface area contributed by atoms with Gasteiger partial charge in [0.2, 0.25) is 0 Å². The molecule has 0 fully saturated rings. The average Bonchev–Trinajstić information content (AvgIpc) is 2.43. The lowest BCUT2D eigenvalue weighted by molar-refractivity contribution is 0.618. The van der Waals surface area contributed by atoms with E-state index >= 15 is 0 Å². The third kappa shape index (κ3) is 3.60. The summed E-state index contributed by atoms with van der Waals surface area (Å²) in [6.45, 7) is 3.89. The van der Waals surface area contributed by atoms with E-state index in [2.05, 4.69) is 49.4 Å². The van der Waals surface area contributed by atoms with Crippen molar-refractivity contribution in [1.29, 1.82) is 0 Å². The molecule has 0 amide bonds. The smallest absolute Gasteiger partial charge is 0.0152 e. The van der Waals surface area contributed by atoms with Crippen molar-refractivity contribution < 1.29 is 0 Å². The fourth-order valence-electron chi connectivity index (χ4n) is 2.53. The second kappa shape index (κ2) is 7.20. The molecule has 0 spiro atoms. The molecule has 0 heteroatoms. The van der Waals surface area contributed by atoms with Crippen LogP contribution in [0.2, 0.25) is 0 Å². The fourth-order valence-corrected chi connectivity index (χ4v) is 2.53. The Labute approximate surface area is 111 Å². The minimum Gasteiger partial charge on any atom is -0.0616 e. The lowest BCUT2D eigenvalue weighted by atomic mass is 9.99. The van der Waals surface area contributed by atoms with Crippen molar-refractivity contribution in [3.63, 3.8) is 0 Å². The van der Waals surface area contributed by atoms with Gasteiger partial charge in [0.15, 0.2) is 0 Å². The largest absolute Gasteiger partial charge is 0.0616 e. The molecule has 0 saturated heterocycles. The first-order valence-corrected chi connectivity index (χ1v) is 7.17. The Bertz CT molecular complexity index is 465. The third-order valence-corrected chi connectivity index (χ3v) is 3.58. The van der Waals surface area contributed by atoms with Crippen molar-refractivity contribution in [2.45, 2.75) is 44.9 Å². The van der Waals surface area contributed by atoms with Gasteiger partial charge in [-0.2, -0.15) is 0 Å². The first-order valence-electron chi connectivity index (χ1n) is 7.17. The van der Waals surface area contributed by atoms with Gasteiger partial charge in [-0.3, -0.25) is 0 Å². The second-order valence-corrected chi connectivity index (χ2v) is 5.01. The van der Waals surface area contributed by atoms with Crippen molar-refractivity contribution in [2.24, 2.45) is 0 Å². The van der Waals surface area contributed by atoms with Gasteiger partial charge in [0.05, 0.1) is 0 Å². The van der Waals surface area contributed by atoms with Crippen LogP contribution in [0.15, 0.2) is 42.5 Å². The standard InChI is InChI=1S/C18H23/c1-2-3-4-5-6-7-11-16-13-10-14-17-12-8-9-15-18(16)17/h8-10,12-15H,1-7,11H2. The molecule has 2 rings (SSSR count). The van der Waals surface area contributed by atoms with Gasteiger partial charge in [0.1, 0.15) is 0 Å². The molecule has 95 valence electrons. The Morgan fingerprint density at radius 1 is 0.722 bits per heavy atom. The van der Waals surface area contributed by atoms with E-state index in [0.29, 0.717) is 0 Å². The van der Waals surface area contributed by atoms with Gasteiger partial charge in [-0.05, 0) is 29.2 Å². The highest BCUT2D eigenvalue weighted by atomic mass is 14.0. The predicted molar refractivity (Wildman–Crippen MR) is 80.7 cm³/mol. The van der Waals surface area contributed by atoms with E-state index in [0.717, 1.165) is 6.42 Å². The van der Waals surface area contributed by atoms with E-state index < -0.39 is 0 Å². The Balaban J connectivity index is 1.88. The minimum absolute atomic E-state index is 1.09. The van der Waals surface area contributed by atoms with Crippen LogP contribution < -0.4 is 0 Å². The molecule has 0 atom stereocenters. The molecular weight excluding hydrogens is 216 g/mol. The van der Waals surface area contributed by atoms with Gasteiger partial charge in [-0.1, -0.05) is 81.5 Å². The van der Waals surface area contributed by atoms with Crippen LogP contribution in [0.1, 0.15) is 44.1 Å². The zero-order valence-electron chi connectivity index (χ0n) is 11.2. The van der Waals surface area contributed by atoms with Crippen molar-refractivity contribution >= 4 is 10.8 Å². The Morgan fingerprint density at radius 3 is 2.33 bits per heavy atom. The summed E-state index contributed by atoms with van der Waals surface area (Å²) in [6, 6.07) is 15.4. The van der Waals surface area contributed by atoms with Crippen LogP contribution >= 0.6 is 0 Å². The van der Waals surface area contributed by atoms with E-state index in [9.17, 15) is 0 Å². The molecule has 0 aliphatic carbocycles. The summed E-state index contributed by atoms with van der Waals surface area (Å²) >= 11 is 0. The Morgan fingerprint density at radius 2 is 1.44 bits per heavy atom. The van der Waals surface area contributed by atoms with Crippen LogP contribution in [0, 0.1) is 6.92 Å². The lowest BCUT2D eigenvalue weighted by Crippen LogP contribution is -1.88. The highest BCUT2D eigenvalue weighted by molar-refractivity contribution is 5.85. The molecule has 0 aromatic heterocycles. The first kappa shape index (κ1) is 13.1. The number of fused-ring (bicyclic) bond motifs is 1. The van der Waals surface area contributed by atoms with Crippen LogP contribution in [0.25, 0.3) is 10.8 Å². The molecule has 0 saturated carbocycles. The number of benzene rings is 2. The molecule has 0 heterocycles. The van der Waals surface area contributed by atoms with Crippen LogP contribution in [0.4, 0.5) is 0 Å². The maximum atomic E-state index is 3.89. The lowest BCUT2D eigenvalue weighted by Gasteiger charge is -2.06. The van der Waals surface area contributed by atoms with Crippen LogP contribution in [-0.2, 0) is 6.42 Å². The molecule has 0 nitrogen and oxygen atoms in total. The summed E-state index contributed by atoms with van der Waals surface area (Å²) in [4.78, 5) is 0. The van der Waals surface area contributed by atoms with Crippen molar-refractivity contribution in [1.82, 2.24) is 0 Å². The molecular formula is C18H23. The zero-order valence-corrected chi connectivity index (χ0v) is 11.2. The number of unbranched alkanes of at least 4 members (excludes halogenated alkanes) is 5. The molecule has 0 bridgehead atoms. The second-order valence-electron chi connectivity index (χ2n) is 5.01. The SMILES string of the molecule is [CH2]CCCCCCCc1cccc2ccccc12. The quantitative estimate of drug-likeness (QED) is 0.555. The van der Waals surface area contributed by atoms with E-state index in [1.54, 1.807) is 0 Å². The molecule has 1 radical (unpaired) electrons. The highest BCUT2D eigenvalue weighted by Gasteiger charge is 1.99.